The van der Waals surface area contributed by atoms with Crippen LogP contribution in [0, 0.1) is 11.6 Å². The van der Waals surface area contributed by atoms with E-state index >= 15 is 0 Å². The van der Waals surface area contributed by atoms with Gasteiger partial charge in [-0.3, -0.25) is 9.69 Å². The topological polar surface area (TPSA) is 90.9 Å². The highest BCUT2D eigenvalue weighted by Crippen LogP contribution is 2.49. The smallest absolute Gasteiger partial charge is 0.380 e. The third kappa shape index (κ3) is 4.48. The Morgan fingerprint density at radius 3 is 2.56 bits per heavy atom. The number of nitrogens with zero attached hydrogens (tertiary/aromatic N) is 1. The molecule has 3 aromatic carbocycles. The van der Waals surface area contributed by atoms with Gasteiger partial charge in [-0.25, -0.2) is 13.6 Å². The molecule has 3 aromatic rings. The molecule has 0 saturated heterocycles. The minimum atomic E-state index is -5.22. The minimum Gasteiger partial charge on any atom is -0.380 e. The minimum absolute atomic E-state index is 0.0133. The lowest BCUT2D eigenvalue weighted by Gasteiger charge is -2.27. The molecule has 0 fully saturated rings. The van der Waals surface area contributed by atoms with Crippen LogP contribution in [0.25, 0.3) is 0 Å². The first-order valence-electron chi connectivity index (χ1n) is 11.4. The van der Waals surface area contributed by atoms with Gasteiger partial charge in [0.25, 0.3) is 5.91 Å². The Morgan fingerprint density at radius 1 is 1.18 bits per heavy atom. The van der Waals surface area contributed by atoms with Gasteiger partial charge in [0.15, 0.2) is 0 Å². The molecule has 13 heteroatoms. The molecule has 0 bridgehead atoms. The van der Waals surface area contributed by atoms with E-state index in [1.807, 2.05) is 0 Å². The monoisotopic (exact) mass is 567 g/mol. The normalized spacial score (nSPS) is 20.1. The van der Waals surface area contributed by atoms with Crippen molar-refractivity contribution in [3.05, 3.63) is 93.0 Å². The first kappa shape index (κ1) is 26.9. The summed E-state index contributed by atoms with van der Waals surface area (Å²) >= 11 is 6.28. The van der Waals surface area contributed by atoms with Crippen LogP contribution < -0.4 is 15.5 Å². The number of methoxy groups -OCH3 is 1. The van der Waals surface area contributed by atoms with Gasteiger partial charge < -0.3 is 20.5 Å². The van der Waals surface area contributed by atoms with Crippen LogP contribution in [-0.2, 0) is 16.9 Å². The number of amides is 3. The Hall–Kier alpha value is -3.74. The molecule has 2 aliphatic rings. The quantitative estimate of drug-likeness (QED) is 0.368. The summed E-state index contributed by atoms with van der Waals surface area (Å²) in [5.74, 6) is -2.22. The molecule has 2 atom stereocenters. The van der Waals surface area contributed by atoms with Gasteiger partial charge in [-0.2, -0.15) is 13.2 Å². The number of nitrogens with one attached hydrogen (secondary N) is 2. The van der Waals surface area contributed by atoms with Crippen molar-refractivity contribution >= 4 is 34.9 Å². The maximum atomic E-state index is 14.1. The molecule has 0 unspecified atom stereocenters. The van der Waals surface area contributed by atoms with Crippen molar-refractivity contribution in [2.75, 3.05) is 23.9 Å². The highest BCUT2D eigenvalue weighted by molar-refractivity contribution is 6.31. The van der Waals surface area contributed by atoms with Crippen LogP contribution in [-0.4, -0.2) is 36.9 Å². The molecule has 0 saturated carbocycles. The maximum absolute atomic E-state index is 14.1. The van der Waals surface area contributed by atoms with E-state index in [-0.39, 0.29) is 39.7 Å². The summed E-state index contributed by atoms with van der Waals surface area (Å²) in [7, 11) is 1.40. The molecule has 0 radical (unpaired) electrons. The average molecular weight is 568 g/mol. The van der Waals surface area contributed by atoms with E-state index in [4.69, 9.17) is 16.3 Å². The Bertz CT molecular complexity index is 1520. The molecule has 2 aliphatic heterocycles. The summed E-state index contributed by atoms with van der Waals surface area (Å²) < 4.78 is 74.6. The van der Waals surface area contributed by atoms with Crippen molar-refractivity contribution in [3.8, 4) is 0 Å². The van der Waals surface area contributed by atoms with Crippen LogP contribution in [0.4, 0.5) is 38.1 Å². The van der Waals surface area contributed by atoms with Crippen molar-refractivity contribution in [1.29, 1.82) is 0 Å². The lowest BCUT2D eigenvalue weighted by atomic mass is 9.94. The Kier molecular flexibility index (Phi) is 6.52. The third-order valence-electron chi connectivity index (χ3n) is 6.67. The Morgan fingerprint density at radius 2 is 1.87 bits per heavy atom. The molecule has 3 N–H and O–H groups in total. The molecule has 5 rings (SSSR count). The van der Waals surface area contributed by atoms with Crippen molar-refractivity contribution in [1.82, 2.24) is 5.32 Å². The Balaban J connectivity index is 1.59. The van der Waals surface area contributed by atoms with Gasteiger partial charge in [0, 0.05) is 40.1 Å². The van der Waals surface area contributed by atoms with E-state index in [1.165, 1.54) is 25.3 Å². The second-order valence-electron chi connectivity index (χ2n) is 9.15. The summed E-state index contributed by atoms with van der Waals surface area (Å²) in [4.78, 5) is 26.9. The number of hydrogen-bond donors (Lipinski definition) is 3. The van der Waals surface area contributed by atoms with E-state index in [0.29, 0.717) is 16.5 Å². The first-order chi connectivity index (χ1) is 18.3. The number of anilines is 2. The predicted octanol–water partition coefficient (Wildman–Crippen LogP) is 5.40. The van der Waals surface area contributed by atoms with Crippen molar-refractivity contribution in [3.63, 3.8) is 0 Å². The fraction of sp³-hybridized carbons (Fsp3) is 0.231. The average Bonchev–Trinajstić information content (AvgIpc) is 3.36. The summed E-state index contributed by atoms with van der Waals surface area (Å²) in [6.07, 6.45) is -5.22. The number of carbonyl (C=O) groups excluding carboxylic acids is 2. The molecule has 204 valence electrons. The first-order valence-corrected chi connectivity index (χ1v) is 11.8. The summed E-state index contributed by atoms with van der Waals surface area (Å²) in [6.45, 7) is -1.22. The van der Waals surface area contributed by atoms with E-state index in [0.717, 1.165) is 24.3 Å². The molecule has 0 aromatic heterocycles. The third-order valence-corrected chi connectivity index (χ3v) is 7.01. The number of benzene rings is 3. The number of carbonyl (C=O) groups is 2. The van der Waals surface area contributed by atoms with Gasteiger partial charge in [-0.05, 0) is 54.1 Å². The number of β-amino-alcohol motifs (C(OH)–C–C–N with tert-alkyl or cyclic N) is 1. The zero-order valence-electron chi connectivity index (χ0n) is 20.0. The zero-order valence-corrected chi connectivity index (χ0v) is 20.8. The fourth-order valence-corrected chi connectivity index (χ4v) is 5.12. The van der Waals surface area contributed by atoms with E-state index in [2.05, 4.69) is 10.6 Å². The molecule has 39 heavy (non-hydrogen) atoms. The zero-order chi connectivity index (χ0) is 28.3. The van der Waals surface area contributed by atoms with Gasteiger partial charge in [-0.1, -0.05) is 11.6 Å². The SMILES string of the molecule is COCc1cc(NC(=O)N2C[C@](O)(C(F)(F)F)c3cc(F)ccc32)c2c(c1)C(=O)N[C@@H]2c1cc(F)ccc1Cl. The Labute approximate surface area is 223 Å². The second-order valence-corrected chi connectivity index (χ2v) is 9.55. The lowest BCUT2D eigenvalue weighted by Crippen LogP contribution is -2.48. The number of hydrogen-bond acceptors (Lipinski definition) is 4. The highest BCUT2D eigenvalue weighted by atomic mass is 35.5. The fourth-order valence-electron chi connectivity index (χ4n) is 4.90. The second kappa shape index (κ2) is 9.47. The molecular weight excluding hydrogens is 549 g/mol. The van der Waals surface area contributed by atoms with Crippen LogP contribution in [0.2, 0.25) is 5.02 Å². The van der Waals surface area contributed by atoms with Gasteiger partial charge in [0.1, 0.15) is 11.6 Å². The van der Waals surface area contributed by atoms with Gasteiger partial charge >= 0.3 is 12.2 Å². The van der Waals surface area contributed by atoms with E-state index < -0.39 is 53.5 Å². The predicted molar refractivity (Wildman–Crippen MR) is 131 cm³/mol. The maximum Gasteiger partial charge on any atom is 0.423 e. The van der Waals surface area contributed by atoms with Crippen molar-refractivity contribution in [2.24, 2.45) is 0 Å². The number of urea groups is 1. The number of halogens is 6. The number of alkyl halides is 3. The van der Waals surface area contributed by atoms with Crippen LogP contribution in [0.3, 0.4) is 0 Å². The summed E-state index contributed by atoms with van der Waals surface area (Å²) in [5, 5.41) is 15.8. The summed E-state index contributed by atoms with van der Waals surface area (Å²) in [6, 6.07) is 6.76. The highest BCUT2D eigenvalue weighted by Gasteiger charge is 2.61. The molecule has 7 nitrogen and oxygen atoms in total. The number of fused-ring (bicyclic) bond motifs is 2. The lowest BCUT2D eigenvalue weighted by molar-refractivity contribution is -0.258. The molecule has 3 amide bonds. The number of rotatable bonds is 4. The largest absolute Gasteiger partial charge is 0.423 e. The molecule has 2 heterocycles. The molecule has 0 spiro atoms. The molecule has 0 aliphatic carbocycles. The van der Waals surface area contributed by atoms with Crippen molar-refractivity contribution in [2.45, 2.75) is 24.4 Å². The van der Waals surface area contributed by atoms with E-state index in [1.54, 1.807) is 0 Å². The standard InChI is InChI=1S/C26H19ClF5N3O4/c1-39-10-12-6-16-21(22(34-23(16)36)15-8-13(28)2-4-18(15)27)19(7-12)33-24(37)35-11-25(38,26(30,31)32)17-9-14(29)3-5-20(17)35/h2-9,22,38H,10-11H2,1H3,(H,33,37)(H,34,36)/t22-,25-/m1/s1. The van der Waals surface area contributed by atoms with Crippen LogP contribution in [0.5, 0.6) is 0 Å². The van der Waals surface area contributed by atoms with Crippen LogP contribution >= 0.6 is 11.6 Å². The number of ether oxygens (including phenoxy) is 1. The summed E-state index contributed by atoms with van der Waals surface area (Å²) in [5.41, 5.74) is -3.72. The van der Waals surface area contributed by atoms with Crippen LogP contribution in [0.15, 0.2) is 48.5 Å². The van der Waals surface area contributed by atoms with Gasteiger partial charge in [-0.15, -0.1) is 0 Å². The van der Waals surface area contributed by atoms with Crippen LogP contribution in [0.1, 0.15) is 38.7 Å². The van der Waals surface area contributed by atoms with Gasteiger partial charge in [0.2, 0.25) is 5.60 Å². The molecular formula is C26H19ClF5N3O4. The van der Waals surface area contributed by atoms with E-state index in [9.17, 15) is 36.6 Å². The van der Waals surface area contributed by atoms with Crippen molar-refractivity contribution < 1.29 is 41.4 Å². The number of aliphatic hydroxyl groups is 1. The van der Waals surface area contributed by atoms with Gasteiger partial charge in [0.05, 0.1) is 24.9 Å².